The third-order valence-electron chi connectivity index (χ3n) is 5.33. The summed E-state index contributed by atoms with van der Waals surface area (Å²) in [6, 6.07) is 7.42. The van der Waals surface area contributed by atoms with Gasteiger partial charge < -0.3 is 0 Å². The van der Waals surface area contributed by atoms with Crippen LogP contribution in [-0.2, 0) is 9.59 Å². The van der Waals surface area contributed by atoms with Crippen LogP contribution in [0.5, 0.6) is 0 Å². The van der Waals surface area contributed by atoms with Gasteiger partial charge in [-0.1, -0.05) is 66.8 Å². The fraction of sp³-hybridized carbons (Fsp3) is 0.364. The average molecular weight is 460 g/mol. The van der Waals surface area contributed by atoms with Crippen LogP contribution >= 0.6 is 34.7 Å². The SMILES string of the molecule is C=CCSc1nnc(N2C(=O)C[C@@H](c3ccc(Cl)cc3)C3=C2CC(C)(C)CC3=O)s1. The average Bonchev–Trinajstić information content (AvgIpc) is 3.13. The third kappa shape index (κ3) is 4.11. The minimum atomic E-state index is -0.257. The summed E-state index contributed by atoms with van der Waals surface area (Å²) < 4.78 is 0.779. The lowest BCUT2D eigenvalue weighted by atomic mass is 9.69. The van der Waals surface area contributed by atoms with Crippen molar-refractivity contribution in [3.8, 4) is 0 Å². The van der Waals surface area contributed by atoms with Gasteiger partial charge in [-0.05, 0) is 29.5 Å². The number of hydrogen-bond donors (Lipinski definition) is 0. The zero-order chi connectivity index (χ0) is 21.5. The van der Waals surface area contributed by atoms with Crippen molar-refractivity contribution in [1.29, 1.82) is 0 Å². The van der Waals surface area contributed by atoms with Crippen LogP contribution in [0.2, 0.25) is 5.02 Å². The number of carbonyl (C=O) groups is 2. The molecule has 5 nitrogen and oxygen atoms in total. The number of nitrogens with zero attached hydrogens (tertiary/aromatic N) is 3. The number of aromatic nitrogens is 2. The molecule has 30 heavy (non-hydrogen) atoms. The number of Topliss-reactive ketones (excluding diaryl/α,β-unsaturated/α-hetero) is 1. The first-order valence-corrected chi connectivity index (χ1v) is 11.9. The minimum absolute atomic E-state index is 0.0596. The van der Waals surface area contributed by atoms with Crippen LogP contribution in [0.1, 0.15) is 44.6 Å². The Balaban J connectivity index is 1.81. The van der Waals surface area contributed by atoms with Crippen molar-refractivity contribution in [1.82, 2.24) is 10.2 Å². The number of carbonyl (C=O) groups excluding carboxylic acids is 2. The number of amides is 1. The standard InChI is InChI=1S/C22H22ClN3O2S2/c1-4-9-29-21-25-24-20(30-21)26-16-11-22(2,3)12-17(27)19(16)15(10-18(26)28)13-5-7-14(23)8-6-13/h4-8,15H,1,9-12H2,2-3H3/t15-/m0/s1. The molecule has 8 heteroatoms. The number of hydrogen-bond acceptors (Lipinski definition) is 6. The maximum absolute atomic E-state index is 13.3. The quantitative estimate of drug-likeness (QED) is 0.329. The number of ketones is 1. The van der Waals surface area contributed by atoms with Crippen molar-refractivity contribution in [3.63, 3.8) is 0 Å². The van der Waals surface area contributed by atoms with Gasteiger partial charge in [0.1, 0.15) is 0 Å². The molecule has 0 bridgehead atoms. The van der Waals surface area contributed by atoms with E-state index in [0.717, 1.165) is 26.9 Å². The van der Waals surface area contributed by atoms with E-state index >= 15 is 0 Å². The van der Waals surface area contributed by atoms with Gasteiger partial charge in [0.25, 0.3) is 0 Å². The van der Waals surface area contributed by atoms with Crippen LogP contribution in [-0.4, -0.2) is 27.6 Å². The Morgan fingerprint density at radius 2 is 2.00 bits per heavy atom. The monoisotopic (exact) mass is 459 g/mol. The van der Waals surface area contributed by atoms with Crippen molar-refractivity contribution in [2.24, 2.45) is 5.41 Å². The molecule has 2 aromatic rings. The molecule has 0 unspecified atom stereocenters. The normalized spacial score (nSPS) is 21.0. The Morgan fingerprint density at radius 3 is 2.70 bits per heavy atom. The molecule has 1 aliphatic carbocycles. The summed E-state index contributed by atoms with van der Waals surface area (Å²) in [5.41, 5.74) is 2.21. The summed E-state index contributed by atoms with van der Waals surface area (Å²) in [6.07, 6.45) is 3.13. The summed E-state index contributed by atoms with van der Waals surface area (Å²) in [5.74, 6) is 0.507. The Kier molecular flexibility index (Phi) is 5.88. The molecule has 1 aliphatic heterocycles. The number of rotatable bonds is 5. The first kappa shape index (κ1) is 21.3. The highest BCUT2D eigenvalue weighted by Gasteiger charge is 2.45. The van der Waals surface area contributed by atoms with Gasteiger partial charge in [0.05, 0.1) is 0 Å². The van der Waals surface area contributed by atoms with E-state index in [1.807, 2.05) is 12.1 Å². The lowest BCUT2D eigenvalue weighted by Crippen LogP contribution is -2.43. The number of anilines is 1. The molecule has 1 atom stereocenters. The topological polar surface area (TPSA) is 63.2 Å². The van der Waals surface area contributed by atoms with E-state index in [9.17, 15) is 9.59 Å². The lowest BCUT2D eigenvalue weighted by molar-refractivity contribution is -0.121. The van der Waals surface area contributed by atoms with E-state index in [1.54, 1.807) is 23.1 Å². The van der Waals surface area contributed by atoms with Gasteiger partial charge in [0.15, 0.2) is 10.1 Å². The van der Waals surface area contributed by atoms with Crippen molar-refractivity contribution in [2.75, 3.05) is 10.7 Å². The predicted molar refractivity (Wildman–Crippen MR) is 122 cm³/mol. The zero-order valence-electron chi connectivity index (χ0n) is 16.9. The van der Waals surface area contributed by atoms with Gasteiger partial charge in [-0.25, -0.2) is 0 Å². The fourth-order valence-electron chi connectivity index (χ4n) is 4.10. The molecule has 4 rings (SSSR count). The Bertz CT molecular complexity index is 1040. The van der Waals surface area contributed by atoms with E-state index < -0.39 is 0 Å². The summed E-state index contributed by atoms with van der Waals surface area (Å²) >= 11 is 8.95. The number of benzene rings is 1. The van der Waals surface area contributed by atoms with Crippen LogP contribution in [0, 0.1) is 5.41 Å². The third-order valence-corrected chi connectivity index (χ3v) is 7.62. The summed E-state index contributed by atoms with van der Waals surface area (Å²) in [5, 5.41) is 9.64. The molecule has 0 spiro atoms. The van der Waals surface area contributed by atoms with Gasteiger partial charge in [0.2, 0.25) is 11.0 Å². The zero-order valence-corrected chi connectivity index (χ0v) is 19.2. The Labute approximate surface area is 189 Å². The fourth-order valence-corrected chi connectivity index (χ4v) is 5.87. The van der Waals surface area contributed by atoms with Gasteiger partial charge >= 0.3 is 0 Å². The summed E-state index contributed by atoms with van der Waals surface area (Å²) in [7, 11) is 0. The molecule has 0 saturated heterocycles. The minimum Gasteiger partial charge on any atom is -0.294 e. The number of thioether (sulfide) groups is 1. The Morgan fingerprint density at radius 1 is 1.27 bits per heavy atom. The first-order chi connectivity index (χ1) is 14.3. The molecule has 1 amide bonds. The second-order valence-corrected chi connectivity index (χ2v) is 10.9. The van der Waals surface area contributed by atoms with E-state index in [0.29, 0.717) is 23.0 Å². The largest absolute Gasteiger partial charge is 0.294 e. The van der Waals surface area contributed by atoms with E-state index in [1.165, 1.54) is 23.1 Å². The summed E-state index contributed by atoms with van der Waals surface area (Å²) in [4.78, 5) is 28.2. The predicted octanol–water partition coefficient (Wildman–Crippen LogP) is 5.63. The van der Waals surface area contributed by atoms with Crippen molar-refractivity contribution < 1.29 is 9.59 Å². The second kappa shape index (κ2) is 8.29. The van der Waals surface area contributed by atoms with Gasteiger partial charge in [-0.3, -0.25) is 14.5 Å². The van der Waals surface area contributed by atoms with E-state index in [2.05, 4.69) is 30.6 Å². The molecule has 2 aliphatic rings. The van der Waals surface area contributed by atoms with Crippen molar-refractivity contribution in [2.45, 2.75) is 43.4 Å². The molecule has 156 valence electrons. The second-order valence-electron chi connectivity index (χ2n) is 8.29. The molecular weight excluding hydrogens is 438 g/mol. The Hall–Kier alpha value is -1.96. The van der Waals surface area contributed by atoms with Crippen LogP contribution < -0.4 is 4.90 Å². The molecule has 0 saturated carbocycles. The molecule has 1 aromatic heterocycles. The highest BCUT2D eigenvalue weighted by atomic mass is 35.5. The molecule has 0 radical (unpaired) electrons. The van der Waals surface area contributed by atoms with Crippen LogP contribution in [0.4, 0.5) is 5.13 Å². The lowest BCUT2D eigenvalue weighted by Gasteiger charge is -2.41. The molecule has 1 aromatic carbocycles. The smallest absolute Gasteiger partial charge is 0.234 e. The van der Waals surface area contributed by atoms with Crippen LogP contribution in [0.3, 0.4) is 0 Å². The highest BCUT2D eigenvalue weighted by Crippen LogP contribution is 2.48. The van der Waals surface area contributed by atoms with E-state index in [-0.39, 0.29) is 29.4 Å². The first-order valence-electron chi connectivity index (χ1n) is 9.71. The number of allylic oxidation sites excluding steroid dienone is 2. The molecule has 0 fully saturated rings. The van der Waals surface area contributed by atoms with Gasteiger partial charge in [-0.15, -0.1) is 16.8 Å². The summed E-state index contributed by atoms with van der Waals surface area (Å²) in [6.45, 7) is 7.85. The highest BCUT2D eigenvalue weighted by molar-refractivity contribution is 8.01. The molecule has 0 N–H and O–H groups in total. The molecular formula is C22H22ClN3O2S2. The number of halogens is 1. The van der Waals surface area contributed by atoms with Crippen molar-refractivity contribution in [3.05, 3.63) is 58.8 Å². The maximum Gasteiger partial charge on any atom is 0.234 e. The van der Waals surface area contributed by atoms with Crippen molar-refractivity contribution >= 4 is 51.5 Å². The maximum atomic E-state index is 13.3. The van der Waals surface area contributed by atoms with E-state index in [4.69, 9.17) is 11.6 Å². The van der Waals surface area contributed by atoms with Crippen LogP contribution in [0.15, 0.2) is 52.5 Å². The van der Waals surface area contributed by atoms with Gasteiger partial charge in [-0.2, -0.15) is 0 Å². The van der Waals surface area contributed by atoms with Gasteiger partial charge in [0, 0.05) is 40.8 Å². The molecule has 2 heterocycles. The van der Waals surface area contributed by atoms with Crippen LogP contribution in [0.25, 0.3) is 0 Å².